The van der Waals surface area contributed by atoms with Crippen molar-refractivity contribution in [3.63, 3.8) is 0 Å². The van der Waals surface area contributed by atoms with E-state index >= 15 is 0 Å². The zero-order chi connectivity index (χ0) is 15.1. The van der Waals surface area contributed by atoms with Crippen molar-refractivity contribution in [2.45, 2.75) is 11.2 Å². The smallest absolute Gasteiger partial charge is 0.228 e. The average Bonchev–Trinajstić information content (AvgIpc) is 2.76. The van der Waals surface area contributed by atoms with Crippen LogP contribution in [0.3, 0.4) is 0 Å². The van der Waals surface area contributed by atoms with E-state index in [4.69, 9.17) is 11.6 Å². The van der Waals surface area contributed by atoms with Crippen molar-refractivity contribution in [3.05, 3.63) is 62.3 Å². The van der Waals surface area contributed by atoms with E-state index in [2.05, 4.69) is 37.2 Å². The summed E-state index contributed by atoms with van der Waals surface area (Å²) in [6.45, 7) is 0. The first-order valence-electron chi connectivity index (χ1n) is 6.17. The van der Waals surface area contributed by atoms with Gasteiger partial charge in [-0.15, -0.1) is 0 Å². The first-order chi connectivity index (χ1) is 9.95. The molecule has 1 aliphatic heterocycles. The lowest BCUT2D eigenvalue weighted by molar-refractivity contribution is -0.115. The van der Waals surface area contributed by atoms with Crippen LogP contribution in [0.25, 0.3) is 0 Å². The number of rotatable bonds is 2. The highest BCUT2D eigenvalue weighted by atomic mass is 79.9. The molecule has 1 N–H and O–H groups in total. The molecule has 0 bridgehead atoms. The lowest BCUT2D eigenvalue weighted by atomic mass is 10.0. The number of hydrogen-bond acceptors (Lipinski definition) is 1. The summed E-state index contributed by atoms with van der Waals surface area (Å²) in [4.78, 5) is 11.0. The molecule has 1 amide bonds. The van der Waals surface area contributed by atoms with Crippen molar-refractivity contribution in [1.82, 2.24) is 0 Å². The number of nitrogens with one attached hydrogen (secondary N) is 1. The fourth-order valence-electron chi connectivity index (χ4n) is 2.34. The van der Waals surface area contributed by atoms with E-state index in [1.54, 1.807) is 18.2 Å². The van der Waals surface area contributed by atoms with Gasteiger partial charge in [-0.05, 0) is 29.3 Å². The molecule has 2 nitrogen and oxygen atoms in total. The van der Waals surface area contributed by atoms with E-state index in [1.807, 2.05) is 6.07 Å². The molecule has 2 aromatic rings. The first kappa shape index (κ1) is 15.0. The molecule has 0 saturated carbocycles. The molecule has 1 heterocycles. The monoisotopic (exact) mass is 431 g/mol. The molecule has 3 rings (SSSR count). The maximum Gasteiger partial charge on any atom is 0.228 e. The molecule has 0 spiro atoms. The van der Waals surface area contributed by atoms with E-state index in [0.717, 1.165) is 16.8 Å². The zero-order valence-electron chi connectivity index (χ0n) is 10.6. The van der Waals surface area contributed by atoms with Gasteiger partial charge in [-0.3, -0.25) is 4.79 Å². The molecule has 21 heavy (non-hydrogen) atoms. The predicted molar refractivity (Wildman–Crippen MR) is 88.7 cm³/mol. The second-order valence-electron chi connectivity index (χ2n) is 4.78. The molecular weight excluding hydrogens is 424 g/mol. The van der Waals surface area contributed by atoms with Gasteiger partial charge in [-0.2, -0.15) is 0 Å². The number of amides is 1. The van der Waals surface area contributed by atoms with E-state index in [0.29, 0.717) is 21.5 Å². The van der Waals surface area contributed by atoms with Crippen LogP contribution in [0.5, 0.6) is 0 Å². The predicted octanol–water partition coefficient (Wildman–Crippen LogP) is 5.22. The SMILES string of the molecule is O=C1Cc2cc(C(Br)c3ccc(Br)cc3F)c(Cl)cc2N1. The minimum absolute atomic E-state index is 0.0563. The molecule has 0 aromatic heterocycles. The van der Waals surface area contributed by atoms with Gasteiger partial charge >= 0.3 is 0 Å². The van der Waals surface area contributed by atoms with Crippen LogP contribution >= 0.6 is 43.5 Å². The van der Waals surface area contributed by atoms with Gasteiger partial charge in [0, 0.05) is 20.7 Å². The van der Waals surface area contributed by atoms with Crippen LogP contribution in [0.1, 0.15) is 21.5 Å². The van der Waals surface area contributed by atoms with Gasteiger partial charge < -0.3 is 5.32 Å². The summed E-state index contributed by atoms with van der Waals surface area (Å²) in [5.41, 5.74) is 2.84. The molecule has 0 saturated heterocycles. The maximum atomic E-state index is 14.1. The van der Waals surface area contributed by atoms with Crippen molar-refractivity contribution >= 4 is 55.1 Å². The molecule has 0 radical (unpaired) electrons. The Hall–Kier alpha value is -0.910. The number of hydrogen-bond donors (Lipinski definition) is 1. The number of carbonyl (C=O) groups is 1. The number of carbonyl (C=O) groups excluding carboxylic acids is 1. The van der Waals surface area contributed by atoms with Crippen LogP contribution in [0.15, 0.2) is 34.8 Å². The highest BCUT2D eigenvalue weighted by Crippen LogP contribution is 2.40. The van der Waals surface area contributed by atoms with E-state index in [1.165, 1.54) is 6.07 Å². The van der Waals surface area contributed by atoms with Crippen molar-refractivity contribution in [2.75, 3.05) is 5.32 Å². The van der Waals surface area contributed by atoms with Gasteiger partial charge in [-0.25, -0.2) is 4.39 Å². The van der Waals surface area contributed by atoms with Gasteiger partial charge in [-0.1, -0.05) is 55.6 Å². The second-order valence-corrected chi connectivity index (χ2v) is 7.02. The summed E-state index contributed by atoms with van der Waals surface area (Å²) in [5, 5.41) is 3.23. The summed E-state index contributed by atoms with van der Waals surface area (Å²) < 4.78 is 14.8. The van der Waals surface area contributed by atoms with E-state index in [9.17, 15) is 9.18 Å². The number of alkyl halides is 1. The fraction of sp³-hybridized carbons (Fsp3) is 0.133. The molecule has 0 fully saturated rings. The Bertz CT molecular complexity index is 751. The van der Waals surface area contributed by atoms with Gasteiger partial charge in [0.05, 0.1) is 11.2 Å². The fourth-order valence-corrected chi connectivity index (χ4v) is 3.82. The summed E-state index contributed by atoms with van der Waals surface area (Å²) in [6, 6.07) is 8.44. The summed E-state index contributed by atoms with van der Waals surface area (Å²) in [6.07, 6.45) is 0.321. The Morgan fingerprint density at radius 1 is 1.24 bits per heavy atom. The normalized spacial score (nSPS) is 14.8. The van der Waals surface area contributed by atoms with Crippen molar-refractivity contribution in [2.24, 2.45) is 0 Å². The van der Waals surface area contributed by atoms with Gasteiger partial charge in [0.25, 0.3) is 0 Å². The Balaban J connectivity index is 2.04. The van der Waals surface area contributed by atoms with Gasteiger partial charge in [0.15, 0.2) is 0 Å². The maximum absolute atomic E-state index is 14.1. The molecule has 0 aliphatic carbocycles. The lowest BCUT2D eigenvalue weighted by Gasteiger charge is -2.15. The summed E-state index contributed by atoms with van der Waals surface area (Å²) in [7, 11) is 0. The average molecular weight is 434 g/mol. The van der Waals surface area contributed by atoms with Crippen molar-refractivity contribution < 1.29 is 9.18 Å². The van der Waals surface area contributed by atoms with Gasteiger partial charge in [0.2, 0.25) is 5.91 Å². The molecule has 2 aromatic carbocycles. The number of fused-ring (bicyclic) bond motifs is 1. The number of anilines is 1. The first-order valence-corrected chi connectivity index (χ1v) is 8.25. The summed E-state index contributed by atoms with van der Waals surface area (Å²) in [5.74, 6) is -0.379. The number of halogens is 4. The third-order valence-corrected chi connectivity index (χ3v) is 5.16. The number of benzene rings is 2. The largest absolute Gasteiger partial charge is 0.325 e. The highest BCUT2D eigenvalue weighted by molar-refractivity contribution is 9.10. The van der Waals surface area contributed by atoms with E-state index in [-0.39, 0.29) is 16.6 Å². The molecule has 1 atom stereocenters. The third kappa shape index (κ3) is 2.87. The minimum atomic E-state index is -0.376. The van der Waals surface area contributed by atoms with Crippen LogP contribution in [-0.2, 0) is 11.2 Å². The van der Waals surface area contributed by atoms with Crippen LogP contribution in [0.2, 0.25) is 5.02 Å². The Morgan fingerprint density at radius 2 is 2.00 bits per heavy atom. The zero-order valence-corrected chi connectivity index (χ0v) is 14.5. The topological polar surface area (TPSA) is 29.1 Å². The van der Waals surface area contributed by atoms with Crippen LogP contribution in [0, 0.1) is 5.82 Å². The highest BCUT2D eigenvalue weighted by Gasteiger charge is 2.24. The lowest BCUT2D eigenvalue weighted by Crippen LogP contribution is -2.03. The van der Waals surface area contributed by atoms with E-state index < -0.39 is 0 Å². The minimum Gasteiger partial charge on any atom is -0.325 e. The molecule has 1 unspecified atom stereocenters. The van der Waals surface area contributed by atoms with Crippen LogP contribution in [-0.4, -0.2) is 5.91 Å². The third-order valence-electron chi connectivity index (χ3n) is 3.36. The van der Waals surface area contributed by atoms with Crippen molar-refractivity contribution in [1.29, 1.82) is 0 Å². The Labute approximate surface area is 142 Å². The molecule has 1 aliphatic rings. The summed E-state index contributed by atoms with van der Waals surface area (Å²) >= 11 is 13.0. The molecule has 6 heteroatoms. The quantitative estimate of drug-likeness (QED) is 0.647. The van der Waals surface area contributed by atoms with Crippen LogP contribution in [0.4, 0.5) is 10.1 Å². The Morgan fingerprint density at radius 3 is 2.71 bits per heavy atom. The van der Waals surface area contributed by atoms with Gasteiger partial charge in [0.1, 0.15) is 5.82 Å². The van der Waals surface area contributed by atoms with Crippen molar-refractivity contribution in [3.8, 4) is 0 Å². The Kier molecular flexibility index (Phi) is 4.08. The van der Waals surface area contributed by atoms with Crippen LogP contribution < -0.4 is 5.32 Å². The molecular formula is C15H9Br2ClFNO. The molecule has 108 valence electrons. The standard InChI is InChI=1S/C15H9Br2ClFNO/c16-8-1-2-9(12(19)5-8)15(17)10-3-7-4-14(21)20-13(7)6-11(10)18/h1-3,5-6,15H,4H2,(H,20,21). The second kappa shape index (κ2) is 5.71.